The Bertz CT molecular complexity index is 981. The standard InChI is InChI=1S/C19H19NO6S/c1-4-27(23,24)20-12-16-7-5-6-8-17(16)15-9-10-18(25-13(2)21)19(11-15)26-14(3)22/h4-11,20H,1,12H2,2-3H3. The highest BCUT2D eigenvalue weighted by Crippen LogP contribution is 2.34. The summed E-state index contributed by atoms with van der Waals surface area (Å²) in [6, 6.07) is 11.9. The zero-order valence-corrected chi connectivity index (χ0v) is 15.7. The number of nitrogens with one attached hydrogen (secondary N) is 1. The lowest BCUT2D eigenvalue weighted by atomic mass is 9.99. The quantitative estimate of drug-likeness (QED) is 0.577. The first-order valence-corrected chi connectivity index (χ1v) is 9.47. The fraction of sp³-hybridized carbons (Fsp3) is 0.158. The summed E-state index contributed by atoms with van der Waals surface area (Å²) in [5, 5.41) is 0.836. The van der Waals surface area contributed by atoms with Gasteiger partial charge in [0.15, 0.2) is 11.5 Å². The van der Waals surface area contributed by atoms with Gasteiger partial charge in [-0.25, -0.2) is 13.1 Å². The Balaban J connectivity index is 2.44. The van der Waals surface area contributed by atoms with Crippen LogP contribution < -0.4 is 14.2 Å². The van der Waals surface area contributed by atoms with Crippen molar-refractivity contribution >= 4 is 22.0 Å². The highest BCUT2D eigenvalue weighted by Gasteiger charge is 2.14. The Morgan fingerprint density at radius 1 is 1.04 bits per heavy atom. The second kappa shape index (κ2) is 8.61. The first-order valence-electron chi connectivity index (χ1n) is 7.93. The van der Waals surface area contributed by atoms with Crippen molar-refractivity contribution < 1.29 is 27.5 Å². The SMILES string of the molecule is C=CS(=O)(=O)NCc1ccccc1-c1ccc(OC(C)=O)c(OC(C)=O)c1. The Kier molecular flexibility index (Phi) is 6.49. The number of rotatable bonds is 7. The minimum Gasteiger partial charge on any atom is -0.423 e. The minimum absolute atomic E-state index is 0.0547. The van der Waals surface area contributed by atoms with Gasteiger partial charge >= 0.3 is 11.9 Å². The van der Waals surface area contributed by atoms with Crippen molar-refractivity contribution in [2.45, 2.75) is 20.4 Å². The molecule has 2 aromatic carbocycles. The molecule has 8 heteroatoms. The van der Waals surface area contributed by atoms with Crippen molar-refractivity contribution in [1.29, 1.82) is 0 Å². The van der Waals surface area contributed by atoms with E-state index in [2.05, 4.69) is 11.3 Å². The number of carbonyl (C=O) groups excluding carboxylic acids is 2. The van der Waals surface area contributed by atoms with Gasteiger partial charge in [0.25, 0.3) is 0 Å². The average molecular weight is 389 g/mol. The van der Waals surface area contributed by atoms with Crippen LogP contribution in [0.4, 0.5) is 0 Å². The molecule has 142 valence electrons. The molecule has 2 aromatic rings. The zero-order chi connectivity index (χ0) is 20.0. The molecule has 0 heterocycles. The van der Waals surface area contributed by atoms with E-state index in [1.165, 1.54) is 19.9 Å². The summed E-state index contributed by atoms with van der Waals surface area (Å²) in [5.41, 5.74) is 2.10. The fourth-order valence-corrected chi connectivity index (χ4v) is 2.82. The maximum Gasteiger partial charge on any atom is 0.308 e. The van der Waals surface area contributed by atoms with E-state index in [-0.39, 0.29) is 18.0 Å². The zero-order valence-electron chi connectivity index (χ0n) is 14.9. The monoisotopic (exact) mass is 389 g/mol. The molecule has 7 nitrogen and oxygen atoms in total. The molecule has 2 rings (SSSR count). The predicted molar refractivity (Wildman–Crippen MR) is 100 cm³/mol. The number of hydrogen-bond acceptors (Lipinski definition) is 6. The molecular weight excluding hydrogens is 370 g/mol. The minimum atomic E-state index is -3.57. The van der Waals surface area contributed by atoms with Crippen molar-refractivity contribution in [3.63, 3.8) is 0 Å². The Labute approximate surface area is 157 Å². The molecule has 0 fully saturated rings. The molecule has 1 N–H and O–H groups in total. The van der Waals surface area contributed by atoms with Crippen LogP contribution in [0.3, 0.4) is 0 Å². The van der Waals surface area contributed by atoms with Gasteiger partial charge in [-0.05, 0) is 28.8 Å². The Morgan fingerprint density at radius 2 is 1.67 bits per heavy atom. The van der Waals surface area contributed by atoms with Crippen LogP contribution in [0.1, 0.15) is 19.4 Å². The largest absolute Gasteiger partial charge is 0.423 e. The normalized spacial score (nSPS) is 10.9. The molecule has 0 spiro atoms. The predicted octanol–water partition coefficient (Wildman–Crippen LogP) is 2.77. The number of esters is 2. The topological polar surface area (TPSA) is 98.8 Å². The lowest BCUT2D eigenvalue weighted by Gasteiger charge is -2.13. The van der Waals surface area contributed by atoms with Crippen LogP contribution in [0, 0.1) is 0 Å². The number of sulfonamides is 1. The average Bonchev–Trinajstić information content (AvgIpc) is 2.61. The fourth-order valence-electron chi connectivity index (χ4n) is 2.34. The first kappa shape index (κ1) is 20.3. The van der Waals surface area contributed by atoms with Crippen molar-refractivity contribution in [1.82, 2.24) is 4.72 Å². The number of hydrogen-bond donors (Lipinski definition) is 1. The number of carbonyl (C=O) groups is 2. The summed E-state index contributed by atoms with van der Waals surface area (Å²) in [6.45, 7) is 5.79. The van der Waals surface area contributed by atoms with Crippen LogP contribution in [-0.2, 0) is 26.2 Å². The van der Waals surface area contributed by atoms with Gasteiger partial charge < -0.3 is 9.47 Å². The molecule has 0 saturated carbocycles. The van der Waals surface area contributed by atoms with E-state index in [4.69, 9.17) is 9.47 Å². The van der Waals surface area contributed by atoms with Crippen molar-refractivity contribution in [2.24, 2.45) is 0 Å². The van der Waals surface area contributed by atoms with Gasteiger partial charge in [0.05, 0.1) is 0 Å². The van der Waals surface area contributed by atoms with Crippen LogP contribution in [0.25, 0.3) is 11.1 Å². The smallest absolute Gasteiger partial charge is 0.308 e. The van der Waals surface area contributed by atoms with Gasteiger partial charge in [-0.3, -0.25) is 9.59 Å². The highest BCUT2D eigenvalue weighted by molar-refractivity contribution is 7.92. The van der Waals surface area contributed by atoms with Gasteiger partial charge in [-0.1, -0.05) is 36.9 Å². The lowest BCUT2D eigenvalue weighted by molar-refractivity contribution is -0.134. The highest BCUT2D eigenvalue weighted by atomic mass is 32.2. The number of benzene rings is 2. The molecule has 0 aliphatic heterocycles. The second-order valence-electron chi connectivity index (χ2n) is 5.54. The summed E-state index contributed by atoms with van der Waals surface area (Å²) < 4.78 is 35.8. The van der Waals surface area contributed by atoms with Crippen LogP contribution >= 0.6 is 0 Å². The third kappa shape index (κ3) is 5.77. The van der Waals surface area contributed by atoms with Crippen LogP contribution in [-0.4, -0.2) is 20.4 Å². The molecular formula is C19H19NO6S. The number of ether oxygens (including phenoxy) is 2. The summed E-state index contributed by atoms with van der Waals surface area (Å²) in [7, 11) is -3.57. The maximum atomic E-state index is 11.6. The molecule has 0 amide bonds. The third-order valence-electron chi connectivity index (χ3n) is 3.46. The van der Waals surface area contributed by atoms with Gasteiger partial charge in [0.1, 0.15) is 0 Å². The molecule has 0 saturated heterocycles. The van der Waals surface area contributed by atoms with E-state index in [0.29, 0.717) is 11.1 Å². The van der Waals surface area contributed by atoms with Gasteiger partial charge in [-0.15, -0.1) is 0 Å². The van der Waals surface area contributed by atoms with Crippen molar-refractivity contribution in [3.8, 4) is 22.6 Å². The van der Waals surface area contributed by atoms with Crippen LogP contribution in [0.2, 0.25) is 0 Å². The lowest BCUT2D eigenvalue weighted by Crippen LogP contribution is -2.20. The molecule has 27 heavy (non-hydrogen) atoms. The van der Waals surface area contributed by atoms with Gasteiger partial charge in [-0.2, -0.15) is 0 Å². The van der Waals surface area contributed by atoms with Crippen molar-refractivity contribution in [2.75, 3.05) is 0 Å². The summed E-state index contributed by atoms with van der Waals surface area (Å²) in [6.07, 6.45) is 0. The molecule has 0 aliphatic carbocycles. The molecule has 0 radical (unpaired) electrons. The van der Waals surface area contributed by atoms with E-state index < -0.39 is 22.0 Å². The summed E-state index contributed by atoms with van der Waals surface area (Å²) in [4.78, 5) is 22.6. The summed E-state index contributed by atoms with van der Waals surface area (Å²) in [5.74, 6) is -0.897. The molecule has 0 aromatic heterocycles. The van der Waals surface area contributed by atoms with E-state index in [1.807, 2.05) is 0 Å². The van der Waals surface area contributed by atoms with Crippen molar-refractivity contribution in [3.05, 3.63) is 60.0 Å². The van der Waals surface area contributed by atoms with E-state index in [0.717, 1.165) is 11.0 Å². The van der Waals surface area contributed by atoms with E-state index in [9.17, 15) is 18.0 Å². The van der Waals surface area contributed by atoms with Crippen LogP contribution in [0.15, 0.2) is 54.5 Å². The van der Waals surface area contributed by atoms with Crippen LogP contribution in [0.5, 0.6) is 11.5 Å². The maximum absolute atomic E-state index is 11.6. The van der Waals surface area contributed by atoms with E-state index in [1.54, 1.807) is 36.4 Å². The molecule has 0 bridgehead atoms. The second-order valence-corrected chi connectivity index (χ2v) is 7.25. The molecule has 0 aliphatic rings. The van der Waals surface area contributed by atoms with Gasteiger partial charge in [0, 0.05) is 25.8 Å². The summed E-state index contributed by atoms with van der Waals surface area (Å²) >= 11 is 0. The Hall–Kier alpha value is -2.97. The molecule has 0 atom stereocenters. The first-order chi connectivity index (χ1) is 12.7. The third-order valence-corrected chi connectivity index (χ3v) is 4.45. The Morgan fingerprint density at radius 3 is 2.30 bits per heavy atom. The van der Waals surface area contributed by atoms with Gasteiger partial charge in [0.2, 0.25) is 10.0 Å². The van der Waals surface area contributed by atoms with E-state index >= 15 is 0 Å². The molecule has 0 unspecified atom stereocenters.